The second-order valence-electron chi connectivity index (χ2n) is 7.42. The van der Waals surface area contributed by atoms with E-state index in [1.165, 1.54) is 0 Å². The van der Waals surface area contributed by atoms with Crippen LogP contribution >= 0.6 is 11.6 Å². The maximum Gasteiger partial charge on any atom is 0.253 e. The van der Waals surface area contributed by atoms with Gasteiger partial charge in [-0.25, -0.2) is 0 Å². The summed E-state index contributed by atoms with van der Waals surface area (Å²) in [5.41, 5.74) is 1.19. The van der Waals surface area contributed by atoms with Crippen molar-refractivity contribution < 1.29 is 19.1 Å². The fraction of sp³-hybridized carbons (Fsp3) is 0.200. The highest BCUT2D eigenvalue weighted by Crippen LogP contribution is 2.30. The molecule has 4 rings (SSSR count). The molecule has 1 heterocycles. The standard InChI is InChI=1S/C25H23ClN2O4/c26-20-11-5-4-10-19(20)25(30)28-21(17-8-2-1-3-9-17)14-24(29)27-15-18-16-31-22-12-6-7-13-23(22)32-18/h1-13,18,21H,14-16H2,(H,27,29)(H,28,30)/t18-,21+/m1/s1. The number of benzene rings is 3. The lowest BCUT2D eigenvalue weighted by Crippen LogP contribution is -2.42. The summed E-state index contributed by atoms with van der Waals surface area (Å²) in [5, 5.41) is 6.18. The highest BCUT2D eigenvalue weighted by atomic mass is 35.5. The smallest absolute Gasteiger partial charge is 0.253 e. The quantitative estimate of drug-likeness (QED) is 0.566. The number of para-hydroxylation sites is 2. The van der Waals surface area contributed by atoms with Crippen LogP contribution in [0.25, 0.3) is 0 Å². The van der Waals surface area contributed by atoms with Crippen LogP contribution in [0.5, 0.6) is 11.5 Å². The van der Waals surface area contributed by atoms with Crippen LogP contribution in [0.4, 0.5) is 0 Å². The van der Waals surface area contributed by atoms with Crippen molar-refractivity contribution in [3.8, 4) is 11.5 Å². The molecule has 0 bridgehead atoms. The molecule has 2 N–H and O–H groups in total. The Morgan fingerprint density at radius 1 is 0.938 bits per heavy atom. The number of halogens is 1. The topological polar surface area (TPSA) is 76.7 Å². The lowest BCUT2D eigenvalue weighted by Gasteiger charge is -2.27. The van der Waals surface area contributed by atoms with Crippen LogP contribution in [-0.4, -0.2) is 31.1 Å². The molecule has 0 saturated heterocycles. The number of ether oxygens (including phenoxy) is 2. The lowest BCUT2D eigenvalue weighted by atomic mass is 10.0. The normalized spacial score (nSPS) is 15.5. The molecule has 3 aromatic rings. The number of amides is 2. The van der Waals surface area contributed by atoms with Crippen molar-refractivity contribution in [2.24, 2.45) is 0 Å². The summed E-state index contributed by atoms with van der Waals surface area (Å²) in [7, 11) is 0. The van der Waals surface area contributed by atoms with E-state index in [0.29, 0.717) is 35.2 Å². The predicted molar refractivity (Wildman–Crippen MR) is 122 cm³/mol. The zero-order valence-electron chi connectivity index (χ0n) is 17.3. The molecule has 1 aliphatic rings. The van der Waals surface area contributed by atoms with Crippen LogP contribution in [0.15, 0.2) is 78.9 Å². The first-order chi connectivity index (χ1) is 15.6. The van der Waals surface area contributed by atoms with Crippen LogP contribution in [0, 0.1) is 0 Å². The molecule has 0 aromatic heterocycles. The molecular formula is C25H23ClN2O4. The summed E-state index contributed by atoms with van der Waals surface area (Å²) in [6, 6.07) is 23.1. The summed E-state index contributed by atoms with van der Waals surface area (Å²) in [6.45, 7) is 0.649. The molecule has 1 aliphatic heterocycles. The van der Waals surface area contributed by atoms with E-state index in [0.717, 1.165) is 5.56 Å². The van der Waals surface area contributed by atoms with Gasteiger partial charge in [0.15, 0.2) is 11.5 Å². The van der Waals surface area contributed by atoms with E-state index in [-0.39, 0.29) is 24.3 Å². The van der Waals surface area contributed by atoms with Crippen LogP contribution in [0.1, 0.15) is 28.4 Å². The highest BCUT2D eigenvalue weighted by Gasteiger charge is 2.23. The van der Waals surface area contributed by atoms with E-state index in [2.05, 4.69) is 10.6 Å². The number of rotatable bonds is 7. The third-order valence-corrected chi connectivity index (χ3v) is 5.44. The number of carbonyl (C=O) groups is 2. The van der Waals surface area contributed by atoms with E-state index >= 15 is 0 Å². The largest absolute Gasteiger partial charge is 0.486 e. The molecule has 0 spiro atoms. The van der Waals surface area contributed by atoms with E-state index in [1.54, 1.807) is 24.3 Å². The number of nitrogens with one attached hydrogen (secondary N) is 2. The fourth-order valence-electron chi connectivity index (χ4n) is 3.47. The van der Waals surface area contributed by atoms with Gasteiger partial charge >= 0.3 is 0 Å². The number of fused-ring (bicyclic) bond motifs is 1. The Bertz CT molecular complexity index is 1090. The fourth-order valence-corrected chi connectivity index (χ4v) is 3.69. The van der Waals surface area contributed by atoms with Gasteiger partial charge in [0.05, 0.1) is 29.6 Å². The minimum atomic E-state index is -0.510. The monoisotopic (exact) mass is 450 g/mol. The third-order valence-electron chi connectivity index (χ3n) is 5.11. The Kier molecular flexibility index (Phi) is 6.92. The van der Waals surface area contributed by atoms with Crippen molar-refractivity contribution in [1.29, 1.82) is 0 Å². The molecule has 3 aromatic carbocycles. The zero-order valence-corrected chi connectivity index (χ0v) is 18.0. The minimum absolute atomic E-state index is 0.0738. The van der Waals surface area contributed by atoms with Gasteiger partial charge in [-0.1, -0.05) is 66.2 Å². The average Bonchev–Trinajstić information content (AvgIpc) is 2.83. The first-order valence-electron chi connectivity index (χ1n) is 10.4. The van der Waals surface area contributed by atoms with Gasteiger partial charge in [0.2, 0.25) is 5.91 Å². The number of carbonyl (C=O) groups excluding carboxylic acids is 2. The zero-order chi connectivity index (χ0) is 22.3. The van der Waals surface area contributed by atoms with Crippen LogP contribution in [0.3, 0.4) is 0 Å². The van der Waals surface area contributed by atoms with Crippen molar-refractivity contribution in [2.45, 2.75) is 18.6 Å². The van der Waals surface area contributed by atoms with Crippen molar-refractivity contribution in [2.75, 3.05) is 13.2 Å². The van der Waals surface area contributed by atoms with Crippen molar-refractivity contribution >= 4 is 23.4 Å². The maximum atomic E-state index is 12.8. The molecule has 2 atom stereocenters. The Morgan fingerprint density at radius 2 is 1.62 bits per heavy atom. The average molecular weight is 451 g/mol. The van der Waals surface area contributed by atoms with Crippen LogP contribution in [0.2, 0.25) is 5.02 Å². The molecule has 7 heteroatoms. The second-order valence-corrected chi connectivity index (χ2v) is 7.83. The molecule has 0 aliphatic carbocycles. The Morgan fingerprint density at radius 3 is 2.41 bits per heavy atom. The number of hydrogen-bond donors (Lipinski definition) is 2. The number of hydrogen-bond acceptors (Lipinski definition) is 4. The van der Waals surface area contributed by atoms with E-state index < -0.39 is 6.04 Å². The molecule has 164 valence electrons. The van der Waals surface area contributed by atoms with Gasteiger partial charge in [0.25, 0.3) is 5.91 Å². The molecule has 0 radical (unpaired) electrons. The summed E-state index contributed by atoms with van der Waals surface area (Å²) >= 11 is 6.16. The summed E-state index contributed by atoms with van der Waals surface area (Å²) in [5.74, 6) is 0.812. The second kappa shape index (κ2) is 10.2. The van der Waals surface area contributed by atoms with Crippen molar-refractivity contribution in [1.82, 2.24) is 10.6 Å². The van der Waals surface area contributed by atoms with Crippen molar-refractivity contribution in [3.63, 3.8) is 0 Å². The molecular weight excluding hydrogens is 428 g/mol. The summed E-state index contributed by atoms with van der Waals surface area (Å²) in [4.78, 5) is 25.5. The van der Waals surface area contributed by atoms with Gasteiger partial charge in [-0.3, -0.25) is 9.59 Å². The molecule has 0 fully saturated rings. The Labute approximate surface area is 191 Å². The molecule has 2 amide bonds. The van der Waals surface area contributed by atoms with Crippen LogP contribution < -0.4 is 20.1 Å². The van der Waals surface area contributed by atoms with E-state index in [9.17, 15) is 9.59 Å². The van der Waals surface area contributed by atoms with Gasteiger partial charge in [-0.15, -0.1) is 0 Å². The third kappa shape index (κ3) is 5.39. The lowest BCUT2D eigenvalue weighted by molar-refractivity contribution is -0.122. The minimum Gasteiger partial charge on any atom is -0.486 e. The van der Waals surface area contributed by atoms with Gasteiger partial charge in [0.1, 0.15) is 12.7 Å². The summed E-state index contributed by atoms with van der Waals surface area (Å²) < 4.78 is 11.6. The Hall–Kier alpha value is -3.51. The first-order valence-corrected chi connectivity index (χ1v) is 10.7. The molecule has 0 saturated carbocycles. The SMILES string of the molecule is O=C(C[C@H](NC(=O)c1ccccc1Cl)c1ccccc1)NC[C@@H]1COc2ccccc2O1. The van der Waals surface area contributed by atoms with E-state index in [4.69, 9.17) is 21.1 Å². The maximum absolute atomic E-state index is 12.8. The van der Waals surface area contributed by atoms with Crippen LogP contribution in [-0.2, 0) is 4.79 Å². The summed E-state index contributed by atoms with van der Waals surface area (Å²) in [6.07, 6.45) is -0.216. The highest BCUT2D eigenvalue weighted by molar-refractivity contribution is 6.33. The van der Waals surface area contributed by atoms with Gasteiger partial charge in [-0.2, -0.15) is 0 Å². The molecule has 6 nitrogen and oxygen atoms in total. The predicted octanol–water partition coefficient (Wildman–Crippen LogP) is 4.16. The van der Waals surface area contributed by atoms with Gasteiger partial charge in [-0.05, 0) is 29.8 Å². The molecule has 32 heavy (non-hydrogen) atoms. The van der Waals surface area contributed by atoms with E-state index in [1.807, 2.05) is 54.6 Å². The first kappa shape index (κ1) is 21.7. The molecule has 0 unspecified atom stereocenters. The van der Waals surface area contributed by atoms with Gasteiger partial charge < -0.3 is 20.1 Å². The van der Waals surface area contributed by atoms with Gasteiger partial charge in [0, 0.05) is 0 Å². The van der Waals surface area contributed by atoms with Crippen molar-refractivity contribution in [3.05, 3.63) is 95.0 Å². The Balaban J connectivity index is 1.38.